The molecule has 2 heterocycles. The summed E-state index contributed by atoms with van der Waals surface area (Å²) in [7, 11) is 1.64. The zero-order chi connectivity index (χ0) is 14.2. The molecular weight excluding hydrogens is 259 g/mol. The third-order valence-corrected chi connectivity index (χ3v) is 2.80. The summed E-state index contributed by atoms with van der Waals surface area (Å²) in [6, 6.07) is 0.851. The molecule has 19 heavy (non-hydrogen) atoms. The third kappa shape index (κ3) is 2.60. The van der Waals surface area contributed by atoms with Crippen molar-refractivity contribution in [1.82, 2.24) is 14.8 Å². The van der Waals surface area contributed by atoms with E-state index >= 15 is 0 Å². The van der Waals surface area contributed by atoms with Crippen LogP contribution in [0.25, 0.3) is 0 Å². The molecule has 2 rings (SSSR count). The molecule has 0 aliphatic rings. The fourth-order valence-corrected chi connectivity index (χ4v) is 1.94. The van der Waals surface area contributed by atoms with E-state index in [1.54, 1.807) is 14.0 Å². The SMILES string of the molecule is Cc1nn(C)cc1C(O)c1cnccc1C(F)(F)F. The summed E-state index contributed by atoms with van der Waals surface area (Å²) in [6.45, 7) is 1.63. The molecule has 0 fully saturated rings. The first kappa shape index (κ1) is 13.5. The Balaban J connectivity index is 2.50. The first-order valence-electron chi connectivity index (χ1n) is 5.50. The predicted octanol–water partition coefficient (Wildman–Crippen LogP) is 2.22. The molecule has 0 saturated heterocycles. The Morgan fingerprint density at radius 3 is 2.53 bits per heavy atom. The Bertz CT molecular complexity index is 592. The van der Waals surface area contributed by atoms with Crippen molar-refractivity contribution in [3.05, 3.63) is 47.0 Å². The zero-order valence-electron chi connectivity index (χ0n) is 10.3. The number of pyridine rings is 1. The fraction of sp³-hybridized carbons (Fsp3) is 0.333. The predicted molar refractivity (Wildman–Crippen MR) is 61.2 cm³/mol. The van der Waals surface area contributed by atoms with Crippen molar-refractivity contribution in [2.75, 3.05) is 0 Å². The number of hydrogen-bond acceptors (Lipinski definition) is 3. The minimum atomic E-state index is -4.53. The van der Waals surface area contributed by atoms with Crippen LogP contribution < -0.4 is 0 Å². The lowest BCUT2D eigenvalue weighted by molar-refractivity contribution is -0.139. The van der Waals surface area contributed by atoms with Crippen molar-refractivity contribution in [2.45, 2.75) is 19.2 Å². The molecule has 0 bridgehead atoms. The van der Waals surface area contributed by atoms with Crippen molar-refractivity contribution in [3.63, 3.8) is 0 Å². The minimum Gasteiger partial charge on any atom is -0.383 e. The molecule has 2 aromatic heterocycles. The Hall–Kier alpha value is -1.89. The van der Waals surface area contributed by atoms with E-state index in [-0.39, 0.29) is 5.56 Å². The van der Waals surface area contributed by atoms with Crippen LogP contribution in [0.2, 0.25) is 0 Å². The Kier molecular flexibility index (Phi) is 3.32. The fourth-order valence-electron chi connectivity index (χ4n) is 1.94. The molecule has 0 spiro atoms. The number of rotatable bonds is 2. The zero-order valence-corrected chi connectivity index (χ0v) is 10.3. The Labute approximate surface area is 107 Å². The van der Waals surface area contributed by atoms with Crippen molar-refractivity contribution in [2.24, 2.45) is 7.05 Å². The molecule has 2 aromatic rings. The standard InChI is InChI=1S/C12H12F3N3O/c1-7-9(6-18(2)17-7)11(19)8-5-16-4-3-10(8)12(13,14)15/h3-6,11,19H,1-2H3. The van der Waals surface area contributed by atoms with Gasteiger partial charge in [-0.1, -0.05) is 0 Å². The van der Waals surface area contributed by atoms with Crippen molar-refractivity contribution in [3.8, 4) is 0 Å². The molecule has 102 valence electrons. The Morgan fingerprint density at radius 1 is 1.32 bits per heavy atom. The van der Waals surface area contributed by atoms with Gasteiger partial charge in [0.25, 0.3) is 0 Å². The summed E-state index contributed by atoms with van der Waals surface area (Å²) in [4.78, 5) is 3.65. The molecule has 0 aliphatic heterocycles. The quantitative estimate of drug-likeness (QED) is 0.911. The summed E-state index contributed by atoms with van der Waals surface area (Å²) in [5.74, 6) is 0. The average Bonchev–Trinajstić information content (AvgIpc) is 2.66. The van der Waals surface area contributed by atoms with Crippen LogP contribution in [0.3, 0.4) is 0 Å². The normalized spacial score (nSPS) is 13.6. The number of halogens is 3. The highest BCUT2D eigenvalue weighted by Crippen LogP contribution is 2.36. The lowest BCUT2D eigenvalue weighted by Gasteiger charge is -2.16. The molecule has 1 unspecified atom stereocenters. The highest BCUT2D eigenvalue weighted by molar-refractivity contribution is 5.36. The highest BCUT2D eigenvalue weighted by Gasteiger charge is 2.35. The smallest absolute Gasteiger partial charge is 0.383 e. The maximum absolute atomic E-state index is 12.9. The first-order valence-corrected chi connectivity index (χ1v) is 5.50. The monoisotopic (exact) mass is 271 g/mol. The van der Waals surface area contributed by atoms with Gasteiger partial charge in [0.15, 0.2) is 0 Å². The molecule has 4 nitrogen and oxygen atoms in total. The number of hydrogen-bond donors (Lipinski definition) is 1. The van der Waals surface area contributed by atoms with Gasteiger partial charge in [0, 0.05) is 36.8 Å². The van der Waals surface area contributed by atoms with E-state index in [9.17, 15) is 18.3 Å². The van der Waals surface area contributed by atoms with Gasteiger partial charge < -0.3 is 5.11 Å². The molecule has 0 radical (unpaired) electrons. The van der Waals surface area contributed by atoms with Gasteiger partial charge in [-0.05, 0) is 13.0 Å². The van der Waals surface area contributed by atoms with Gasteiger partial charge in [0.2, 0.25) is 0 Å². The topological polar surface area (TPSA) is 50.9 Å². The van der Waals surface area contributed by atoms with Crippen molar-refractivity contribution >= 4 is 0 Å². The van der Waals surface area contributed by atoms with Gasteiger partial charge in [-0.2, -0.15) is 18.3 Å². The Morgan fingerprint density at radius 2 is 2.00 bits per heavy atom. The summed E-state index contributed by atoms with van der Waals surface area (Å²) in [5.41, 5.74) is -0.350. The van der Waals surface area contributed by atoms with E-state index in [2.05, 4.69) is 10.1 Å². The third-order valence-electron chi connectivity index (χ3n) is 2.80. The molecule has 1 atom stereocenters. The van der Waals surface area contributed by atoms with Gasteiger partial charge in [0.1, 0.15) is 6.10 Å². The maximum Gasteiger partial charge on any atom is 0.416 e. The summed E-state index contributed by atoms with van der Waals surface area (Å²) >= 11 is 0. The number of aromatic nitrogens is 3. The van der Waals surface area contributed by atoms with E-state index in [4.69, 9.17) is 0 Å². The van der Waals surface area contributed by atoms with Gasteiger partial charge in [-0.3, -0.25) is 9.67 Å². The minimum absolute atomic E-state index is 0.272. The average molecular weight is 271 g/mol. The van der Waals surface area contributed by atoms with Crippen LogP contribution in [0.5, 0.6) is 0 Å². The van der Waals surface area contributed by atoms with Crippen LogP contribution in [-0.4, -0.2) is 19.9 Å². The van der Waals surface area contributed by atoms with Crippen LogP contribution in [0.4, 0.5) is 13.2 Å². The first-order chi connectivity index (χ1) is 8.80. The van der Waals surface area contributed by atoms with E-state index in [0.29, 0.717) is 11.3 Å². The van der Waals surface area contributed by atoms with Gasteiger partial charge >= 0.3 is 6.18 Å². The van der Waals surface area contributed by atoms with E-state index in [1.807, 2.05) is 0 Å². The highest BCUT2D eigenvalue weighted by atomic mass is 19.4. The lowest BCUT2D eigenvalue weighted by Crippen LogP contribution is -2.13. The lowest BCUT2D eigenvalue weighted by atomic mass is 9.99. The van der Waals surface area contributed by atoms with Crippen LogP contribution >= 0.6 is 0 Å². The molecule has 0 aliphatic carbocycles. The molecule has 7 heteroatoms. The van der Waals surface area contributed by atoms with Gasteiger partial charge in [-0.25, -0.2) is 0 Å². The van der Waals surface area contributed by atoms with Crippen LogP contribution in [-0.2, 0) is 13.2 Å². The van der Waals surface area contributed by atoms with Crippen molar-refractivity contribution < 1.29 is 18.3 Å². The van der Waals surface area contributed by atoms with Crippen LogP contribution in [0.15, 0.2) is 24.7 Å². The van der Waals surface area contributed by atoms with E-state index < -0.39 is 17.8 Å². The second-order valence-corrected chi connectivity index (χ2v) is 4.21. The number of aryl methyl sites for hydroxylation is 2. The van der Waals surface area contributed by atoms with E-state index in [0.717, 1.165) is 18.5 Å². The summed E-state index contributed by atoms with van der Waals surface area (Å²) < 4.78 is 40.1. The second-order valence-electron chi connectivity index (χ2n) is 4.21. The van der Waals surface area contributed by atoms with Crippen LogP contribution in [0.1, 0.15) is 28.5 Å². The van der Waals surface area contributed by atoms with E-state index in [1.165, 1.54) is 10.9 Å². The van der Waals surface area contributed by atoms with Crippen LogP contribution in [0, 0.1) is 6.92 Å². The largest absolute Gasteiger partial charge is 0.416 e. The van der Waals surface area contributed by atoms with Crippen molar-refractivity contribution in [1.29, 1.82) is 0 Å². The number of nitrogens with zero attached hydrogens (tertiary/aromatic N) is 3. The molecule has 0 amide bonds. The molecular formula is C12H12F3N3O. The molecule has 0 saturated carbocycles. The van der Waals surface area contributed by atoms with Gasteiger partial charge in [0.05, 0.1) is 11.3 Å². The second kappa shape index (κ2) is 4.65. The molecule has 0 aromatic carbocycles. The molecule has 1 N–H and O–H groups in total. The number of aliphatic hydroxyl groups is 1. The number of alkyl halides is 3. The maximum atomic E-state index is 12.9. The summed E-state index contributed by atoms with van der Waals surface area (Å²) in [6.07, 6.45) is -2.36. The summed E-state index contributed by atoms with van der Waals surface area (Å²) in [5, 5.41) is 14.1. The van der Waals surface area contributed by atoms with Gasteiger partial charge in [-0.15, -0.1) is 0 Å². The number of aliphatic hydroxyl groups excluding tert-OH is 1.